The van der Waals surface area contributed by atoms with Crippen LogP contribution in [-0.2, 0) is 26.3 Å². The molecule has 0 bridgehead atoms. The van der Waals surface area contributed by atoms with E-state index in [9.17, 15) is 0 Å². The monoisotopic (exact) mass is 1850 g/mol. The summed E-state index contributed by atoms with van der Waals surface area (Å²) in [5.74, 6) is 6.28. The van der Waals surface area contributed by atoms with Crippen LogP contribution in [0, 0.1) is 0 Å². The number of rotatable bonds is 82. The number of benzene rings is 5. The van der Waals surface area contributed by atoms with Crippen molar-refractivity contribution in [1.29, 1.82) is 0 Å². The molecule has 0 N–H and O–H groups in total. The Morgan fingerprint density at radius 3 is 0.695 bits per heavy atom. The Bertz CT molecular complexity index is 4260. The van der Waals surface area contributed by atoms with Crippen molar-refractivity contribution in [2.24, 2.45) is 0 Å². The fraction of sp³-hybridized carbons (Fsp3) is 0.672. The van der Waals surface area contributed by atoms with Crippen molar-refractivity contribution in [1.82, 2.24) is 17.9 Å². The molecule has 0 radical (unpaired) electrons. The summed E-state index contributed by atoms with van der Waals surface area (Å²) >= 11 is 5.05. The highest BCUT2D eigenvalue weighted by molar-refractivity contribution is 7.24. The van der Waals surface area contributed by atoms with Crippen molar-refractivity contribution in [2.75, 3.05) is 39.6 Å². The average Bonchev–Trinajstić information content (AvgIpc) is 1.52. The number of nitrogens with zero attached hydrogens (tertiary/aromatic N) is 4. The second-order valence-electron chi connectivity index (χ2n) is 38.2. The number of thiophene rings is 2. The first-order valence-electron chi connectivity index (χ1n) is 54.6. The molecule has 0 unspecified atom stereocenters. The molecular formula is C116H178N4O8S3. The Labute approximate surface area is 807 Å². The molecule has 0 aliphatic carbocycles. The summed E-state index contributed by atoms with van der Waals surface area (Å²) in [7, 11) is 0. The summed E-state index contributed by atoms with van der Waals surface area (Å²) in [6, 6.07) is 30.9. The Morgan fingerprint density at radius 1 is 0.244 bits per heavy atom. The summed E-state index contributed by atoms with van der Waals surface area (Å²) in [5.41, 5.74) is 11.3. The first-order valence-corrected chi connectivity index (χ1v) is 56.9. The topological polar surface area (TPSA) is 109 Å². The summed E-state index contributed by atoms with van der Waals surface area (Å²) in [6.07, 6.45) is 77.2. The summed E-state index contributed by atoms with van der Waals surface area (Å²) < 4.78 is 72.3. The molecule has 131 heavy (non-hydrogen) atoms. The van der Waals surface area contributed by atoms with E-state index in [-0.39, 0.29) is 0 Å². The molecule has 0 aliphatic rings. The SMILES string of the molecule is CCCCCCCCCCCCOc1cc(COc2ccc(-c3cc4c(s3)c3c5nsnc5c5c6sc(-c7ccc(OCc8cc(OCCCCCCCCCCCC)c(OCCCCCCCCCCCC)c(OCCCCCCCCCCCC)c8)cc7)cc6n(CC)c5c3n4CC)cc2)cc(OCCCCCCCCCCCC)c1OCCCCCCCCCCCC. The number of hydrogen-bond acceptors (Lipinski definition) is 13. The highest BCUT2D eigenvalue weighted by Crippen LogP contribution is 2.51. The molecule has 10 rings (SSSR count). The standard InChI is InChI=1S/C116H178N4O8S3/c1-9-17-23-29-35-41-47-53-59-65-79-121-101-85-93(86-102(122-80-66-60-54-48-42-36-30-24-18-10-2)113(101)125-83-69-63-57-51-45-39-33-27-21-13-5)91-127-97-75-71-95(72-76-97)105-89-99-115(129-105)107-109-110(118-131-117-109)108-112(111(107)119(99)15-7)120(16-8)100-90-106(130-116(100)108)96-73-77-98(78-74-96)128-92-94-87-103(123-81-67-61-55-49-43-37-31-25-19-11-3)114(126-84-70-64-58-52-46-40-34-28-22-14-6)104(88-94)124-82-68-62-56-50-44-38-32-26-20-12-4/h71-78,85-90H,9-70,79-84,91-92H2,1-8H3. The third-order valence-electron chi connectivity index (χ3n) is 27.1. The summed E-state index contributed by atoms with van der Waals surface area (Å²) in [4.78, 5) is 2.43. The van der Waals surface area contributed by atoms with Gasteiger partial charge in [0.05, 0.1) is 82.8 Å². The van der Waals surface area contributed by atoms with Gasteiger partial charge in [-0.2, -0.15) is 8.75 Å². The van der Waals surface area contributed by atoms with Gasteiger partial charge in [0.25, 0.3) is 0 Å². The molecule has 5 heterocycles. The van der Waals surface area contributed by atoms with Crippen LogP contribution in [0.15, 0.2) is 84.9 Å². The number of hydrogen-bond donors (Lipinski definition) is 0. The van der Waals surface area contributed by atoms with Gasteiger partial charge in [-0.05, 0) is 160 Å². The van der Waals surface area contributed by atoms with Gasteiger partial charge < -0.3 is 47.0 Å². The molecule has 0 spiro atoms. The predicted octanol–water partition coefficient (Wildman–Crippen LogP) is 38.4. The maximum absolute atomic E-state index is 6.81. The van der Waals surface area contributed by atoms with E-state index in [4.69, 9.17) is 46.6 Å². The maximum Gasteiger partial charge on any atom is 0.203 e. The van der Waals surface area contributed by atoms with Crippen molar-refractivity contribution in [3.05, 3.63) is 96.1 Å². The smallest absolute Gasteiger partial charge is 0.203 e. The molecule has 5 aromatic carbocycles. The van der Waals surface area contributed by atoms with E-state index in [1.54, 1.807) is 0 Å². The molecule has 10 aromatic rings. The maximum atomic E-state index is 6.81. The van der Waals surface area contributed by atoms with Gasteiger partial charge >= 0.3 is 0 Å². The Kier molecular flexibility index (Phi) is 52.9. The van der Waals surface area contributed by atoms with Gasteiger partial charge in [0, 0.05) is 33.6 Å². The quantitative estimate of drug-likeness (QED) is 0.0342. The third-order valence-corrected chi connectivity index (χ3v) is 30.0. The number of fused-ring (bicyclic) bond motifs is 10. The molecule has 5 aromatic heterocycles. The van der Waals surface area contributed by atoms with Crippen molar-refractivity contribution in [3.8, 4) is 66.9 Å². The zero-order chi connectivity index (χ0) is 91.6. The van der Waals surface area contributed by atoms with E-state index in [1.807, 2.05) is 22.7 Å². The van der Waals surface area contributed by atoms with Crippen molar-refractivity contribution in [3.63, 3.8) is 0 Å². The molecule has 0 amide bonds. The Morgan fingerprint density at radius 2 is 0.466 bits per heavy atom. The molecular weight excluding hydrogens is 1670 g/mol. The van der Waals surface area contributed by atoms with E-state index < -0.39 is 0 Å². The van der Waals surface area contributed by atoms with Gasteiger partial charge in [0.15, 0.2) is 23.0 Å². The van der Waals surface area contributed by atoms with Gasteiger partial charge in [0.2, 0.25) is 11.5 Å². The van der Waals surface area contributed by atoms with Crippen LogP contribution in [-0.4, -0.2) is 57.5 Å². The van der Waals surface area contributed by atoms with Crippen molar-refractivity contribution >= 4 is 87.7 Å². The van der Waals surface area contributed by atoms with Crippen LogP contribution in [0.4, 0.5) is 0 Å². The van der Waals surface area contributed by atoms with E-state index in [2.05, 4.69) is 149 Å². The molecule has 0 aliphatic heterocycles. The number of ether oxygens (including phenoxy) is 8. The van der Waals surface area contributed by atoms with Gasteiger partial charge in [-0.25, -0.2) is 0 Å². The largest absolute Gasteiger partial charge is 0.490 e. The van der Waals surface area contributed by atoms with Crippen molar-refractivity contribution in [2.45, 2.75) is 467 Å². The first-order chi connectivity index (χ1) is 64.8. The lowest BCUT2D eigenvalue weighted by Crippen LogP contribution is -2.08. The van der Waals surface area contributed by atoms with Gasteiger partial charge in [-0.1, -0.05) is 388 Å². The molecule has 0 saturated carbocycles. The van der Waals surface area contributed by atoms with Crippen LogP contribution in [0.3, 0.4) is 0 Å². The zero-order valence-electron chi connectivity index (χ0n) is 83.9. The van der Waals surface area contributed by atoms with Crippen LogP contribution in [0.25, 0.3) is 74.2 Å². The molecule has 12 nitrogen and oxygen atoms in total. The average molecular weight is 1850 g/mol. The molecule has 0 fully saturated rings. The summed E-state index contributed by atoms with van der Waals surface area (Å²) in [5, 5.41) is 2.40. The van der Waals surface area contributed by atoms with Crippen LogP contribution < -0.4 is 37.9 Å². The Hall–Kier alpha value is -6.68. The fourth-order valence-corrected chi connectivity index (χ4v) is 22.1. The van der Waals surface area contributed by atoms with Crippen LogP contribution in [0.1, 0.15) is 452 Å². The first kappa shape index (κ1) is 106. The van der Waals surface area contributed by atoms with E-state index in [0.29, 0.717) is 52.9 Å². The fourth-order valence-electron chi connectivity index (χ4n) is 19.2. The molecule has 0 saturated heterocycles. The lowest BCUT2D eigenvalue weighted by Gasteiger charge is -2.19. The van der Waals surface area contributed by atoms with Crippen molar-refractivity contribution < 1.29 is 37.9 Å². The minimum Gasteiger partial charge on any atom is -0.490 e. The number of aryl methyl sites for hydroxylation is 2. The van der Waals surface area contributed by atoms with Gasteiger partial charge in [-0.3, -0.25) is 0 Å². The minimum absolute atomic E-state index is 0.380. The van der Waals surface area contributed by atoms with E-state index >= 15 is 0 Å². The van der Waals surface area contributed by atoms with Gasteiger partial charge in [-0.15, -0.1) is 22.7 Å². The minimum atomic E-state index is 0.380. The molecule has 0 atom stereocenters. The summed E-state index contributed by atoms with van der Waals surface area (Å²) in [6.45, 7) is 24.7. The number of unbranched alkanes of at least 4 members (excludes halogenated alkanes) is 54. The van der Waals surface area contributed by atoms with Gasteiger partial charge in [0.1, 0.15) is 35.7 Å². The normalized spacial score (nSPS) is 11.8. The van der Waals surface area contributed by atoms with Crippen LogP contribution in [0.5, 0.6) is 46.0 Å². The zero-order valence-corrected chi connectivity index (χ0v) is 86.3. The van der Waals surface area contributed by atoms with Crippen LogP contribution >= 0.6 is 34.4 Å². The highest BCUT2D eigenvalue weighted by atomic mass is 32.1. The lowest BCUT2D eigenvalue weighted by atomic mass is 10.1. The number of aromatic nitrogens is 4. The van der Waals surface area contributed by atoms with E-state index in [0.717, 1.165) is 131 Å². The molecule has 15 heteroatoms. The predicted molar refractivity (Wildman–Crippen MR) is 567 cm³/mol. The molecule has 728 valence electrons. The van der Waals surface area contributed by atoms with Crippen LogP contribution in [0.2, 0.25) is 0 Å². The third kappa shape index (κ3) is 36.4. The van der Waals surface area contributed by atoms with E-state index in [1.165, 1.54) is 410 Å². The highest BCUT2D eigenvalue weighted by Gasteiger charge is 2.29. The Balaban J connectivity index is 0.834. The lowest BCUT2D eigenvalue weighted by molar-refractivity contribution is 0.232. The second kappa shape index (κ2) is 65.1. The second-order valence-corrected chi connectivity index (χ2v) is 40.8.